The summed E-state index contributed by atoms with van der Waals surface area (Å²) >= 11 is 7.20. The standard InChI is InChI=1S/C18H19ClN2O4S/c1-12(16(22)20-10-11-24-2)25-18(23)15-4-3-9-21-17(15)26-14-7-5-13(19)6-8-14/h3-9,12H,10-11H2,1-2H3,(H,20,22)/t12-/m1/s1. The Morgan fingerprint density at radius 2 is 2.00 bits per heavy atom. The number of methoxy groups -OCH3 is 1. The molecular weight excluding hydrogens is 376 g/mol. The molecule has 0 aliphatic rings. The van der Waals surface area contributed by atoms with Gasteiger partial charge in [0.05, 0.1) is 12.2 Å². The molecule has 0 radical (unpaired) electrons. The molecule has 0 aliphatic carbocycles. The van der Waals surface area contributed by atoms with Gasteiger partial charge in [-0.2, -0.15) is 0 Å². The maximum Gasteiger partial charge on any atom is 0.341 e. The lowest BCUT2D eigenvalue weighted by molar-refractivity contribution is -0.129. The molecule has 26 heavy (non-hydrogen) atoms. The van der Waals surface area contributed by atoms with Crippen molar-refractivity contribution in [1.82, 2.24) is 10.3 Å². The first kappa shape index (κ1) is 20.2. The number of esters is 1. The van der Waals surface area contributed by atoms with Gasteiger partial charge in [0.25, 0.3) is 5.91 Å². The van der Waals surface area contributed by atoms with Gasteiger partial charge in [-0.15, -0.1) is 0 Å². The number of aromatic nitrogens is 1. The minimum Gasteiger partial charge on any atom is -0.449 e. The summed E-state index contributed by atoms with van der Waals surface area (Å²) in [6, 6.07) is 10.5. The number of carbonyl (C=O) groups is 2. The highest BCUT2D eigenvalue weighted by atomic mass is 35.5. The topological polar surface area (TPSA) is 77.5 Å². The Kier molecular flexibility index (Phi) is 7.90. The zero-order valence-corrected chi connectivity index (χ0v) is 16.0. The molecule has 6 nitrogen and oxygen atoms in total. The van der Waals surface area contributed by atoms with E-state index in [2.05, 4.69) is 10.3 Å². The summed E-state index contributed by atoms with van der Waals surface area (Å²) in [5.41, 5.74) is 0.295. The van der Waals surface area contributed by atoms with Gasteiger partial charge < -0.3 is 14.8 Å². The third-order valence-electron chi connectivity index (χ3n) is 3.28. The van der Waals surface area contributed by atoms with Gasteiger partial charge in [-0.25, -0.2) is 9.78 Å². The molecule has 0 saturated carbocycles. The van der Waals surface area contributed by atoms with Crippen molar-refractivity contribution in [3.8, 4) is 0 Å². The summed E-state index contributed by atoms with van der Waals surface area (Å²) in [5.74, 6) is -0.991. The van der Waals surface area contributed by atoms with E-state index < -0.39 is 12.1 Å². The van der Waals surface area contributed by atoms with E-state index in [1.807, 2.05) is 12.1 Å². The third-order valence-corrected chi connectivity index (χ3v) is 4.56. The van der Waals surface area contributed by atoms with E-state index in [1.165, 1.54) is 25.8 Å². The molecule has 0 aliphatic heterocycles. The largest absolute Gasteiger partial charge is 0.449 e. The highest BCUT2D eigenvalue weighted by molar-refractivity contribution is 7.99. The molecule has 138 valence electrons. The van der Waals surface area contributed by atoms with Gasteiger partial charge >= 0.3 is 5.97 Å². The molecule has 0 fully saturated rings. The van der Waals surface area contributed by atoms with Gasteiger partial charge in [-0.05, 0) is 43.3 Å². The molecule has 1 aromatic carbocycles. The number of nitrogens with one attached hydrogen (secondary N) is 1. The van der Waals surface area contributed by atoms with Gasteiger partial charge in [0.2, 0.25) is 0 Å². The van der Waals surface area contributed by atoms with Crippen LogP contribution in [0.5, 0.6) is 0 Å². The monoisotopic (exact) mass is 394 g/mol. The van der Waals surface area contributed by atoms with E-state index in [0.717, 1.165) is 4.90 Å². The predicted molar refractivity (Wildman–Crippen MR) is 99.6 cm³/mol. The number of hydrogen-bond acceptors (Lipinski definition) is 6. The zero-order valence-electron chi connectivity index (χ0n) is 14.4. The summed E-state index contributed by atoms with van der Waals surface area (Å²) < 4.78 is 10.1. The van der Waals surface area contributed by atoms with E-state index in [1.54, 1.807) is 30.5 Å². The summed E-state index contributed by atoms with van der Waals surface area (Å²) in [6.07, 6.45) is 0.670. The van der Waals surface area contributed by atoms with Crippen LogP contribution in [-0.2, 0) is 14.3 Å². The van der Waals surface area contributed by atoms with Gasteiger partial charge in [-0.3, -0.25) is 4.79 Å². The Hall–Kier alpha value is -2.09. The van der Waals surface area contributed by atoms with Crippen LogP contribution in [-0.4, -0.2) is 43.2 Å². The molecule has 2 aromatic rings. The van der Waals surface area contributed by atoms with Crippen LogP contribution in [0.2, 0.25) is 5.02 Å². The lowest BCUT2D eigenvalue weighted by atomic mass is 10.3. The van der Waals surface area contributed by atoms with Crippen molar-refractivity contribution in [3.05, 3.63) is 53.2 Å². The Bertz CT molecular complexity index is 755. The first-order valence-electron chi connectivity index (χ1n) is 7.87. The predicted octanol–water partition coefficient (Wildman–Crippen LogP) is 3.19. The second kappa shape index (κ2) is 10.2. The van der Waals surface area contributed by atoms with Crippen LogP contribution in [0.1, 0.15) is 17.3 Å². The summed E-state index contributed by atoms with van der Waals surface area (Å²) in [7, 11) is 1.54. The quantitative estimate of drug-likeness (QED) is 0.547. The Balaban J connectivity index is 2.04. The summed E-state index contributed by atoms with van der Waals surface area (Å²) in [4.78, 5) is 29.5. The number of hydrogen-bond donors (Lipinski definition) is 1. The molecule has 1 aromatic heterocycles. The van der Waals surface area contributed by atoms with Crippen molar-refractivity contribution in [3.63, 3.8) is 0 Å². The number of pyridine rings is 1. The first-order chi connectivity index (χ1) is 12.5. The van der Waals surface area contributed by atoms with Crippen molar-refractivity contribution in [2.45, 2.75) is 22.9 Å². The average Bonchev–Trinajstić information content (AvgIpc) is 2.64. The minimum absolute atomic E-state index is 0.295. The maximum absolute atomic E-state index is 12.5. The van der Waals surface area contributed by atoms with Crippen LogP contribution in [0.15, 0.2) is 52.5 Å². The summed E-state index contributed by atoms with van der Waals surface area (Å²) in [6.45, 7) is 2.25. The molecule has 1 atom stereocenters. The van der Waals surface area contributed by atoms with Gasteiger partial charge in [-0.1, -0.05) is 23.4 Å². The normalized spacial score (nSPS) is 11.7. The van der Waals surface area contributed by atoms with Crippen molar-refractivity contribution in [2.75, 3.05) is 20.3 Å². The summed E-state index contributed by atoms with van der Waals surface area (Å²) in [5, 5.41) is 3.75. The molecule has 0 unspecified atom stereocenters. The second-order valence-corrected chi connectivity index (χ2v) is 6.74. The molecule has 8 heteroatoms. The van der Waals surface area contributed by atoms with Crippen molar-refractivity contribution in [1.29, 1.82) is 0 Å². The number of rotatable bonds is 8. The minimum atomic E-state index is -0.923. The third kappa shape index (κ3) is 6.01. The molecule has 0 saturated heterocycles. The van der Waals surface area contributed by atoms with Crippen molar-refractivity contribution >= 4 is 35.2 Å². The maximum atomic E-state index is 12.5. The Morgan fingerprint density at radius 3 is 2.69 bits per heavy atom. The van der Waals surface area contributed by atoms with Crippen molar-refractivity contribution < 1.29 is 19.1 Å². The van der Waals surface area contributed by atoms with E-state index in [4.69, 9.17) is 21.1 Å². The second-order valence-electron chi connectivity index (χ2n) is 5.24. The number of carbonyl (C=O) groups excluding carboxylic acids is 2. The van der Waals surface area contributed by atoms with Crippen LogP contribution in [0.3, 0.4) is 0 Å². The van der Waals surface area contributed by atoms with E-state index in [-0.39, 0.29) is 5.91 Å². The van der Waals surface area contributed by atoms with Gasteiger partial charge in [0, 0.05) is 29.8 Å². The average molecular weight is 395 g/mol. The van der Waals surface area contributed by atoms with Crippen LogP contribution in [0, 0.1) is 0 Å². The fourth-order valence-corrected chi connectivity index (χ4v) is 2.94. The Labute approximate surface area is 161 Å². The molecule has 2 rings (SSSR count). The number of amides is 1. The fourth-order valence-electron chi connectivity index (χ4n) is 1.94. The molecule has 1 amide bonds. The van der Waals surface area contributed by atoms with Gasteiger partial charge in [0.15, 0.2) is 6.10 Å². The number of ether oxygens (including phenoxy) is 2. The smallest absolute Gasteiger partial charge is 0.341 e. The van der Waals surface area contributed by atoms with Crippen LogP contribution >= 0.6 is 23.4 Å². The molecule has 0 bridgehead atoms. The van der Waals surface area contributed by atoms with Crippen LogP contribution < -0.4 is 5.32 Å². The SMILES string of the molecule is COCCNC(=O)[C@@H](C)OC(=O)c1cccnc1Sc1ccc(Cl)cc1. The lowest BCUT2D eigenvalue weighted by Crippen LogP contribution is -2.37. The number of halogens is 1. The highest BCUT2D eigenvalue weighted by Gasteiger charge is 2.21. The fraction of sp³-hybridized carbons (Fsp3) is 0.278. The van der Waals surface area contributed by atoms with E-state index >= 15 is 0 Å². The van der Waals surface area contributed by atoms with E-state index in [9.17, 15) is 9.59 Å². The van der Waals surface area contributed by atoms with E-state index in [0.29, 0.717) is 28.8 Å². The first-order valence-corrected chi connectivity index (χ1v) is 9.06. The molecular formula is C18H19ClN2O4S. The highest BCUT2D eigenvalue weighted by Crippen LogP contribution is 2.29. The number of benzene rings is 1. The van der Waals surface area contributed by atoms with Gasteiger partial charge in [0.1, 0.15) is 5.03 Å². The van der Waals surface area contributed by atoms with Crippen LogP contribution in [0.25, 0.3) is 0 Å². The number of nitrogens with zero attached hydrogens (tertiary/aromatic N) is 1. The zero-order chi connectivity index (χ0) is 18.9. The lowest BCUT2D eigenvalue weighted by Gasteiger charge is -2.14. The Morgan fingerprint density at radius 1 is 1.27 bits per heavy atom. The molecule has 0 spiro atoms. The van der Waals surface area contributed by atoms with Crippen molar-refractivity contribution in [2.24, 2.45) is 0 Å². The molecule has 1 N–H and O–H groups in total. The molecule has 1 heterocycles. The van der Waals surface area contributed by atoms with Crippen LogP contribution in [0.4, 0.5) is 0 Å².